The van der Waals surface area contributed by atoms with Gasteiger partial charge in [0.1, 0.15) is 6.04 Å². The molecule has 1 unspecified atom stereocenters. The second kappa shape index (κ2) is 8.38. The average Bonchev–Trinajstić information content (AvgIpc) is 3.24. The molecule has 1 aromatic heterocycles. The fraction of sp³-hybridized carbons (Fsp3) is 0.429. The molecule has 1 aromatic carbocycles. The first-order chi connectivity index (χ1) is 13.2. The molecule has 2 N–H and O–H groups in total. The highest BCUT2D eigenvalue weighted by Crippen LogP contribution is 2.27. The normalized spacial score (nSPS) is 20.8. The topological polar surface area (TPSA) is 57.3 Å². The number of hydrogen-bond donors (Lipinski definition) is 2. The maximum absolute atomic E-state index is 12.5. The van der Waals surface area contributed by atoms with Gasteiger partial charge in [-0.15, -0.1) is 0 Å². The van der Waals surface area contributed by atoms with Crippen molar-refractivity contribution in [1.82, 2.24) is 20.7 Å². The van der Waals surface area contributed by atoms with Crippen molar-refractivity contribution in [3.05, 3.63) is 64.4 Å². The van der Waals surface area contributed by atoms with Crippen LogP contribution < -0.4 is 10.9 Å². The first-order valence-electron chi connectivity index (χ1n) is 9.66. The van der Waals surface area contributed by atoms with Gasteiger partial charge >= 0.3 is 0 Å². The Morgan fingerprint density at radius 1 is 1.11 bits per heavy atom. The van der Waals surface area contributed by atoms with Crippen molar-refractivity contribution >= 4 is 17.5 Å². The third kappa shape index (κ3) is 4.49. The number of pyridine rings is 1. The Morgan fingerprint density at radius 2 is 1.89 bits per heavy atom. The molecule has 6 heteroatoms. The summed E-state index contributed by atoms with van der Waals surface area (Å²) in [5.74, 6) is 0.650. The van der Waals surface area contributed by atoms with Crippen molar-refractivity contribution in [2.75, 3.05) is 19.6 Å². The van der Waals surface area contributed by atoms with Crippen molar-refractivity contribution in [3.63, 3.8) is 0 Å². The van der Waals surface area contributed by atoms with Gasteiger partial charge in [0.2, 0.25) is 5.91 Å². The molecule has 0 saturated carbocycles. The van der Waals surface area contributed by atoms with E-state index in [0.717, 1.165) is 61.7 Å². The smallest absolute Gasteiger partial charge is 0.241 e. The van der Waals surface area contributed by atoms with E-state index < -0.39 is 0 Å². The number of aromatic nitrogens is 1. The first kappa shape index (κ1) is 18.4. The number of hydrogen-bond acceptors (Lipinski definition) is 4. The van der Waals surface area contributed by atoms with Gasteiger partial charge in [-0.25, -0.2) is 5.43 Å². The number of piperidine rings is 1. The zero-order valence-corrected chi connectivity index (χ0v) is 16.1. The summed E-state index contributed by atoms with van der Waals surface area (Å²) in [6, 6.07) is 14.2. The predicted molar refractivity (Wildman–Crippen MR) is 107 cm³/mol. The average molecular weight is 385 g/mol. The van der Waals surface area contributed by atoms with E-state index in [4.69, 9.17) is 16.6 Å². The maximum Gasteiger partial charge on any atom is 0.241 e. The summed E-state index contributed by atoms with van der Waals surface area (Å²) in [4.78, 5) is 19.4. The Morgan fingerprint density at radius 3 is 2.59 bits per heavy atom. The van der Waals surface area contributed by atoms with Crippen molar-refractivity contribution < 1.29 is 4.79 Å². The number of halogens is 1. The molecule has 4 rings (SSSR count). The molecule has 1 amide bonds. The van der Waals surface area contributed by atoms with E-state index in [-0.39, 0.29) is 11.9 Å². The third-order valence-electron chi connectivity index (χ3n) is 5.48. The fourth-order valence-corrected chi connectivity index (χ4v) is 4.05. The fourth-order valence-electron chi connectivity index (χ4n) is 3.92. The summed E-state index contributed by atoms with van der Waals surface area (Å²) in [6.07, 6.45) is 3.63. The lowest BCUT2D eigenvalue weighted by Gasteiger charge is -2.33. The molecule has 0 bridgehead atoms. The number of rotatable bonds is 4. The molecule has 2 fully saturated rings. The van der Waals surface area contributed by atoms with Crippen LogP contribution in [0.1, 0.15) is 42.1 Å². The van der Waals surface area contributed by atoms with Crippen LogP contribution >= 0.6 is 11.6 Å². The predicted octanol–water partition coefficient (Wildman–Crippen LogP) is 2.90. The monoisotopic (exact) mass is 384 g/mol. The van der Waals surface area contributed by atoms with Gasteiger partial charge in [-0.3, -0.25) is 15.2 Å². The number of hydrazine groups is 1. The van der Waals surface area contributed by atoms with Crippen molar-refractivity contribution in [3.8, 4) is 0 Å². The highest BCUT2D eigenvalue weighted by Gasteiger charge is 2.30. The van der Waals surface area contributed by atoms with Crippen molar-refractivity contribution in [2.24, 2.45) is 0 Å². The van der Waals surface area contributed by atoms with Crippen molar-refractivity contribution in [2.45, 2.75) is 37.6 Å². The van der Waals surface area contributed by atoms with E-state index in [1.807, 2.05) is 29.2 Å². The molecule has 1 atom stereocenters. The third-order valence-corrected chi connectivity index (χ3v) is 5.74. The SMILES string of the molecule is O=C(C1CCNN1)N1CCC(c2cccc(Cc3ccc(Cl)cc3)n2)CC1. The van der Waals surface area contributed by atoms with Gasteiger partial charge in [0.05, 0.1) is 0 Å². The van der Waals surface area contributed by atoms with Gasteiger partial charge in [0.25, 0.3) is 0 Å². The quantitative estimate of drug-likeness (QED) is 0.851. The van der Waals surface area contributed by atoms with Crippen LogP contribution in [0.2, 0.25) is 5.02 Å². The lowest BCUT2D eigenvalue weighted by Crippen LogP contribution is -2.48. The number of carbonyl (C=O) groups excluding carboxylic acids is 1. The van der Waals surface area contributed by atoms with Crippen LogP contribution in [0, 0.1) is 0 Å². The largest absolute Gasteiger partial charge is 0.341 e. The van der Waals surface area contributed by atoms with Crippen LogP contribution in [0.4, 0.5) is 0 Å². The zero-order valence-electron chi connectivity index (χ0n) is 15.3. The molecule has 2 aliphatic heterocycles. The zero-order chi connectivity index (χ0) is 18.6. The molecule has 2 saturated heterocycles. The van der Waals surface area contributed by atoms with Crippen LogP contribution in [-0.4, -0.2) is 41.5 Å². The van der Waals surface area contributed by atoms with E-state index in [9.17, 15) is 4.79 Å². The molecule has 2 aliphatic rings. The second-order valence-electron chi connectivity index (χ2n) is 7.37. The van der Waals surface area contributed by atoms with Gasteiger partial charge in [-0.05, 0) is 49.1 Å². The van der Waals surface area contributed by atoms with Crippen molar-refractivity contribution in [1.29, 1.82) is 0 Å². The Hall–Kier alpha value is -1.95. The highest BCUT2D eigenvalue weighted by atomic mass is 35.5. The molecule has 5 nitrogen and oxygen atoms in total. The minimum absolute atomic E-state index is 0.0672. The minimum atomic E-state index is -0.0672. The number of nitrogens with one attached hydrogen (secondary N) is 2. The second-order valence-corrected chi connectivity index (χ2v) is 7.81. The lowest BCUT2D eigenvalue weighted by molar-refractivity contribution is -0.134. The van der Waals surface area contributed by atoms with E-state index in [1.165, 1.54) is 5.56 Å². The van der Waals surface area contributed by atoms with E-state index in [1.54, 1.807) is 0 Å². The molecule has 142 valence electrons. The van der Waals surface area contributed by atoms with E-state index in [2.05, 4.69) is 29.1 Å². The van der Waals surface area contributed by atoms with Gasteiger partial charge in [-0.1, -0.05) is 29.8 Å². The number of carbonyl (C=O) groups is 1. The minimum Gasteiger partial charge on any atom is -0.341 e. The number of amides is 1. The van der Waals surface area contributed by atoms with Crippen LogP contribution in [0.15, 0.2) is 42.5 Å². The Balaban J connectivity index is 1.37. The van der Waals surface area contributed by atoms with Gasteiger partial charge in [0, 0.05) is 48.4 Å². The lowest BCUT2D eigenvalue weighted by atomic mass is 9.92. The summed E-state index contributed by atoms with van der Waals surface area (Å²) in [6.45, 7) is 2.48. The molecule has 2 aromatic rings. The van der Waals surface area contributed by atoms with Gasteiger partial charge < -0.3 is 4.90 Å². The van der Waals surface area contributed by atoms with Crippen LogP contribution in [-0.2, 0) is 11.2 Å². The molecular weight excluding hydrogens is 360 g/mol. The van der Waals surface area contributed by atoms with Crippen LogP contribution in [0.5, 0.6) is 0 Å². The standard InChI is InChI=1S/C21H25ClN4O/c22-17-6-4-15(5-7-17)14-18-2-1-3-19(24-18)16-9-12-26(13-10-16)21(27)20-8-11-23-25-20/h1-7,16,20,23,25H,8-14H2. The summed E-state index contributed by atoms with van der Waals surface area (Å²) < 4.78 is 0. The number of benzene rings is 1. The van der Waals surface area contributed by atoms with E-state index in [0.29, 0.717) is 5.92 Å². The highest BCUT2D eigenvalue weighted by molar-refractivity contribution is 6.30. The van der Waals surface area contributed by atoms with Gasteiger partial charge in [0.15, 0.2) is 0 Å². The Kier molecular flexibility index (Phi) is 5.72. The number of likely N-dealkylation sites (tertiary alicyclic amines) is 1. The van der Waals surface area contributed by atoms with Crippen LogP contribution in [0.25, 0.3) is 0 Å². The molecular formula is C21H25ClN4O. The maximum atomic E-state index is 12.5. The number of nitrogens with zero attached hydrogens (tertiary/aromatic N) is 2. The molecule has 0 aliphatic carbocycles. The summed E-state index contributed by atoms with van der Waals surface area (Å²) in [7, 11) is 0. The summed E-state index contributed by atoms with van der Waals surface area (Å²) in [5, 5.41) is 0.755. The summed E-state index contributed by atoms with van der Waals surface area (Å²) >= 11 is 5.97. The van der Waals surface area contributed by atoms with Crippen LogP contribution in [0.3, 0.4) is 0 Å². The molecule has 3 heterocycles. The Labute approximate surface area is 165 Å². The first-order valence-corrected chi connectivity index (χ1v) is 10.0. The summed E-state index contributed by atoms with van der Waals surface area (Å²) in [5.41, 5.74) is 9.55. The van der Waals surface area contributed by atoms with Gasteiger partial charge in [-0.2, -0.15) is 0 Å². The molecule has 0 radical (unpaired) electrons. The molecule has 0 spiro atoms. The Bertz CT molecular complexity index is 781. The molecule has 27 heavy (non-hydrogen) atoms. The van der Waals surface area contributed by atoms with E-state index >= 15 is 0 Å².